The van der Waals surface area contributed by atoms with E-state index in [-0.39, 0.29) is 18.9 Å². The number of benzene rings is 3. The first-order valence-corrected chi connectivity index (χ1v) is 15.7. The minimum atomic E-state index is -3.82. The molecule has 3 rings (SSSR count). The largest absolute Gasteiger partial charge is 0.350 e. The monoisotopic (exact) mass is 627 g/mol. The molecule has 9 heteroatoms. The van der Waals surface area contributed by atoms with Gasteiger partial charge in [-0.15, -0.1) is 0 Å². The fourth-order valence-corrected chi connectivity index (χ4v) is 5.80. The lowest BCUT2D eigenvalue weighted by molar-refractivity contribution is -0.140. The highest BCUT2D eigenvalue weighted by atomic mass is 79.9. The van der Waals surface area contributed by atoms with Gasteiger partial charge in [0.05, 0.1) is 11.9 Å². The molecule has 3 aromatic carbocycles. The number of anilines is 1. The number of aryl methyl sites for hydroxylation is 2. The molecule has 1 N–H and O–H groups in total. The zero-order chi connectivity index (χ0) is 29.7. The van der Waals surface area contributed by atoms with Crippen LogP contribution in [0.5, 0.6) is 0 Å². The van der Waals surface area contributed by atoms with Gasteiger partial charge >= 0.3 is 0 Å². The van der Waals surface area contributed by atoms with E-state index in [0.717, 1.165) is 37.3 Å². The van der Waals surface area contributed by atoms with Gasteiger partial charge in [-0.2, -0.15) is 0 Å². The molecule has 214 valence electrons. The van der Waals surface area contributed by atoms with Crippen LogP contribution in [0.2, 0.25) is 0 Å². The van der Waals surface area contributed by atoms with Crippen LogP contribution < -0.4 is 9.62 Å². The zero-order valence-electron chi connectivity index (χ0n) is 23.9. The lowest BCUT2D eigenvalue weighted by Crippen LogP contribution is -2.56. The van der Waals surface area contributed by atoms with E-state index < -0.39 is 34.1 Å². The fraction of sp³-hybridized carbons (Fsp3) is 0.355. The minimum absolute atomic E-state index is 0.130. The molecule has 0 bridgehead atoms. The lowest BCUT2D eigenvalue weighted by Gasteiger charge is -2.35. The van der Waals surface area contributed by atoms with Crippen molar-refractivity contribution in [3.63, 3.8) is 0 Å². The summed E-state index contributed by atoms with van der Waals surface area (Å²) in [6.45, 7) is 8.99. The Balaban J connectivity index is 2.10. The summed E-state index contributed by atoms with van der Waals surface area (Å²) in [6.07, 6.45) is 1.37. The number of carbonyl (C=O) groups excluding carboxylic acids is 2. The summed E-state index contributed by atoms with van der Waals surface area (Å²) >= 11 is 3.45. The molecule has 0 unspecified atom stereocenters. The maximum atomic E-state index is 14.2. The number of nitrogens with one attached hydrogen (secondary N) is 1. The molecule has 0 spiro atoms. The number of hydrogen-bond acceptors (Lipinski definition) is 4. The molecule has 0 aliphatic carbocycles. The van der Waals surface area contributed by atoms with Crippen LogP contribution in [0.15, 0.2) is 77.3 Å². The molecular formula is C31H38BrN3O4S. The summed E-state index contributed by atoms with van der Waals surface area (Å²) in [7, 11) is -3.82. The van der Waals surface area contributed by atoms with Crippen molar-refractivity contribution in [3.05, 3.63) is 99.5 Å². The van der Waals surface area contributed by atoms with Crippen LogP contribution >= 0.6 is 15.9 Å². The van der Waals surface area contributed by atoms with Gasteiger partial charge in [-0.3, -0.25) is 13.9 Å². The lowest BCUT2D eigenvalue weighted by atomic mass is 10.0. The van der Waals surface area contributed by atoms with E-state index in [2.05, 4.69) is 21.2 Å². The van der Waals surface area contributed by atoms with Crippen molar-refractivity contribution in [3.8, 4) is 0 Å². The number of rotatable bonds is 10. The van der Waals surface area contributed by atoms with Gasteiger partial charge in [0.1, 0.15) is 12.6 Å². The Kier molecular flexibility index (Phi) is 10.2. The number of halogens is 1. The third-order valence-electron chi connectivity index (χ3n) is 6.40. The topological polar surface area (TPSA) is 86.8 Å². The molecule has 0 heterocycles. The quantitative estimate of drug-likeness (QED) is 0.327. The predicted octanol–water partition coefficient (Wildman–Crippen LogP) is 5.39. The Bertz CT molecular complexity index is 1420. The summed E-state index contributed by atoms with van der Waals surface area (Å²) in [5.74, 6) is -0.777. The first-order chi connectivity index (χ1) is 18.7. The van der Waals surface area contributed by atoms with Gasteiger partial charge in [0.15, 0.2) is 0 Å². The SMILES string of the molecule is Cc1cccc(C)c1N(CC(=O)N(Cc1ccc(Br)cc1)[C@@H](Cc1ccccc1)C(=O)NC(C)(C)C)S(C)(=O)=O. The van der Waals surface area contributed by atoms with Crippen molar-refractivity contribution in [2.75, 3.05) is 17.1 Å². The van der Waals surface area contributed by atoms with E-state index in [4.69, 9.17) is 0 Å². The molecule has 1 atom stereocenters. The van der Waals surface area contributed by atoms with Crippen molar-refractivity contribution in [2.24, 2.45) is 0 Å². The van der Waals surface area contributed by atoms with Gasteiger partial charge < -0.3 is 10.2 Å². The van der Waals surface area contributed by atoms with Gasteiger partial charge in [-0.1, -0.05) is 76.6 Å². The highest BCUT2D eigenvalue weighted by Crippen LogP contribution is 2.27. The first-order valence-electron chi connectivity index (χ1n) is 13.1. The van der Waals surface area contributed by atoms with Gasteiger partial charge in [0.2, 0.25) is 21.8 Å². The summed E-state index contributed by atoms with van der Waals surface area (Å²) in [6, 6.07) is 21.6. The van der Waals surface area contributed by atoms with Crippen molar-refractivity contribution in [1.29, 1.82) is 0 Å². The number of hydrogen-bond donors (Lipinski definition) is 1. The minimum Gasteiger partial charge on any atom is -0.350 e. The summed E-state index contributed by atoms with van der Waals surface area (Å²) in [4.78, 5) is 29.5. The average Bonchev–Trinajstić information content (AvgIpc) is 2.85. The van der Waals surface area contributed by atoms with Crippen molar-refractivity contribution >= 4 is 43.5 Å². The number of sulfonamides is 1. The Hall–Kier alpha value is -3.17. The average molecular weight is 629 g/mol. The van der Waals surface area contributed by atoms with Crippen LogP contribution in [0.25, 0.3) is 0 Å². The van der Waals surface area contributed by atoms with Gasteiger partial charge in [-0.25, -0.2) is 8.42 Å². The molecule has 0 fully saturated rings. The third-order valence-corrected chi connectivity index (χ3v) is 8.04. The van der Waals surface area contributed by atoms with E-state index in [1.165, 1.54) is 4.90 Å². The number of para-hydroxylation sites is 1. The Morgan fingerprint density at radius 3 is 1.98 bits per heavy atom. The first kappa shape index (κ1) is 31.4. The second-order valence-electron chi connectivity index (χ2n) is 11.1. The summed E-state index contributed by atoms with van der Waals surface area (Å²) in [5.41, 5.74) is 3.12. The standard InChI is InChI=1S/C31H38BrN3O4S/c1-22-11-10-12-23(2)29(22)35(40(6,38)39)21-28(36)34(20-25-15-17-26(32)18-16-25)27(30(37)33-31(3,4)5)19-24-13-8-7-9-14-24/h7-18,27H,19-21H2,1-6H3,(H,33,37)/t27-/m0/s1. The number of nitrogens with zero attached hydrogens (tertiary/aromatic N) is 2. The Labute approximate surface area is 246 Å². The molecule has 2 amide bonds. The molecule has 0 aliphatic heterocycles. The normalized spacial score (nSPS) is 12.5. The van der Waals surface area contributed by atoms with E-state index >= 15 is 0 Å². The summed E-state index contributed by atoms with van der Waals surface area (Å²) < 4.78 is 28.1. The number of amides is 2. The predicted molar refractivity (Wildman–Crippen MR) is 165 cm³/mol. The summed E-state index contributed by atoms with van der Waals surface area (Å²) in [5, 5.41) is 3.03. The molecular weight excluding hydrogens is 590 g/mol. The Morgan fingerprint density at radius 2 is 1.45 bits per heavy atom. The van der Waals surface area contributed by atoms with Crippen molar-refractivity contribution < 1.29 is 18.0 Å². The maximum absolute atomic E-state index is 14.2. The van der Waals surface area contributed by atoms with Crippen molar-refractivity contribution in [2.45, 2.75) is 59.2 Å². The highest BCUT2D eigenvalue weighted by Gasteiger charge is 2.34. The van der Waals surface area contributed by atoms with E-state index in [9.17, 15) is 18.0 Å². The van der Waals surface area contributed by atoms with E-state index in [1.807, 2.05) is 107 Å². The van der Waals surface area contributed by atoms with Crippen LogP contribution in [0, 0.1) is 13.8 Å². The van der Waals surface area contributed by atoms with Crippen LogP contribution in [0.1, 0.15) is 43.0 Å². The maximum Gasteiger partial charge on any atom is 0.244 e. The van der Waals surface area contributed by atoms with Crippen LogP contribution in [0.4, 0.5) is 5.69 Å². The third kappa shape index (κ3) is 8.66. The second-order valence-corrected chi connectivity index (χ2v) is 13.9. The van der Waals surface area contributed by atoms with E-state index in [0.29, 0.717) is 5.69 Å². The van der Waals surface area contributed by atoms with Gasteiger partial charge in [-0.05, 0) is 69.0 Å². The molecule has 0 saturated carbocycles. The molecule has 0 aromatic heterocycles. The highest BCUT2D eigenvalue weighted by molar-refractivity contribution is 9.10. The molecule has 40 heavy (non-hydrogen) atoms. The number of carbonyl (C=O) groups is 2. The molecule has 0 saturated heterocycles. The molecule has 3 aromatic rings. The van der Waals surface area contributed by atoms with Crippen molar-refractivity contribution in [1.82, 2.24) is 10.2 Å². The zero-order valence-corrected chi connectivity index (χ0v) is 26.3. The smallest absolute Gasteiger partial charge is 0.244 e. The molecule has 0 aliphatic rings. The second kappa shape index (κ2) is 13.0. The van der Waals surface area contributed by atoms with Crippen LogP contribution in [-0.4, -0.2) is 49.5 Å². The Morgan fingerprint density at radius 1 is 0.875 bits per heavy atom. The van der Waals surface area contributed by atoms with Crippen LogP contribution in [0.3, 0.4) is 0 Å². The van der Waals surface area contributed by atoms with Crippen LogP contribution in [-0.2, 0) is 32.6 Å². The fourth-order valence-electron chi connectivity index (χ4n) is 4.57. The molecule has 0 radical (unpaired) electrons. The van der Waals surface area contributed by atoms with E-state index in [1.54, 1.807) is 0 Å². The van der Waals surface area contributed by atoms with Gasteiger partial charge in [0.25, 0.3) is 0 Å². The molecule has 7 nitrogen and oxygen atoms in total. The van der Waals surface area contributed by atoms with Gasteiger partial charge in [0, 0.05) is 23.0 Å².